The minimum absolute atomic E-state index is 0.0709. The van der Waals surface area contributed by atoms with E-state index in [1.807, 2.05) is 0 Å². The normalized spacial score (nSPS) is 22.9. The predicted molar refractivity (Wildman–Crippen MR) is 67.9 cm³/mol. The Morgan fingerprint density at radius 2 is 2.33 bits per heavy atom. The molecule has 96 valence electrons. The van der Waals surface area contributed by atoms with Crippen LogP contribution in [0, 0.1) is 10.1 Å². The van der Waals surface area contributed by atoms with E-state index in [1.165, 1.54) is 23.9 Å². The van der Waals surface area contributed by atoms with Crippen LogP contribution in [0.25, 0.3) is 0 Å². The van der Waals surface area contributed by atoms with Crippen LogP contribution in [0.5, 0.6) is 0 Å². The zero-order chi connectivity index (χ0) is 13.3. The highest BCUT2D eigenvalue weighted by atomic mass is 35.5. The van der Waals surface area contributed by atoms with Crippen LogP contribution < -0.4 is 5.32 Å². The van der Waals surface area contributed by atoms with E-state index in [4.69, 9.17) is 16.7 Å². The van der Waals surface area contributed by atoms with Gasteiger partial charge in [0.2, 0.25) is 0 Å². The molecule has 0 saturated carbocycles. The molecule has 1 fully saturated rings. The topological polar surface area (TPSA) is 92.5 Å². The molecule has 0 spiro atoms. The van der Waals surface area contributed by atoms with E-state index in [2.05, 4.69) is 5.32 Å². The number of hydrogen-bond acceptors (Lipinski definition) is 5. The lowest BCUT2D eigenvalue weighted by Gasteiger charge is -2.11. The van der Waals surface area contributed by atoms with Crippen LogP contribution in [-0.4, -0.2) is 27.8 Å². The summed E-state index contributed by atoms with van der Waals surface area (Å²) in [7, 11) is 0. The molecule has 1 heterocycles. The monoisotopic (exact) mass is 288 g/mol. The summed E-state index contributed by atoms with van der Waals surface area (Å²) in [6.45, 7) is 0. The van der Waals surface area contributed by atoms with Crippen LogP contribution in [0.2, 0.25) is 5.02 Å². The zero-order valence-electron chi connectivity index (χ0n) is 9.00. The number of nitrogens with one attached hydrogen (secondary N) is 1. The van der Waals surface area contributed by atoms with Crippen LogP contribution in [-0.2, 0) is 4.79 Å². The van der Waals surface area contributed by atoms with E-state index in [-0.39, 0.29) is 16.1 Å². The number of benzene rings is 1. The number of aliphatic carboxylic acids is 1. The molecule has 1 saturated heterocycles. The number of hydrogen-bond donors (Lipinski definition) is 2. The van der Waals surface area contributed by atoms with Gasteiger partial charge >= 0.3 is 5.97 Å². The Labute approximate surface area is 111 Å². The van der Waals surface area contributed by atoms with Crippen LogP contribution in [0.4, 0.5) is 5.69 Å². The quantitative estimate of drug-likeness (QED) is 0.653. The largest absolute Gasteiger partial charge is 0.480 e. The van der Waals surface area contributed by atoms with Gasteiger partial charge in [0.05, 0.1) is 10.3 Å². The first-order chi connectivity index (χ1) is 8.49. The van der Waals surface area contributed by atoms with E-state index in [0.29, 0.717) is 11.3 Å². The molecule has 1 aliphatic rings. The fraction of sp³-hybridized carbons (Fsp3) is 0.300. The Bertz CT molecular complexity index is 511. The van der Waals surface area contributed by atoms with Crippen molar-refractivity contribution >= 4 is 35.0 Å². The molecule has 8 heteroatoms. The number of carbonyl (C=O) groups is 1. The first-order valence-electron chi connectivity index (χ1n) is 5.03. The molecular formula is C10H9ClN2O4S. The Morgan fingerprint density at radius 1 is 1.61 bits per heavy atom. The number of nitro benzene ring substituents is 1. The number of carboxylic acids is 1. The van der Waals surface area contributed by atoms with E-state index in [1.54, 1.807) is 6.07 Å². The fourth-order valence-electron chi connectivity index (χ4n) is 1.64. The molecule has 0 radical (unpaired) electrons. The Balaban J connectivity index is 2.22. The number of carboxylic acid groups (broad SMARTS) is 1. The van der Waals surface area contributed by atoms with E-state index in [0.717, 1.165) is 0 Å². The lowest BCUT2D eigenvalue weighted by Crippen LogP contribution is -2.33. The number of halogens is 1. The summed E-state index contributed by atoms with van der Waals surface area (Å²) in [5.74, 6) is -0.496. The minimum atomic E-state index is -0.923. The van der Waals surface area contributed by atoms with Gasteiger partial charge in [0.25, 0.3) is 5.69 Å². The Morgan fingerprint density at radius 3 is 2.89 bits per heavy atom. The van der Waals surface area contributed by atoms with Crippen LogP contribution in [0.3, 0.4) is 0 Å². The first kappa shape index (κ1) is 13.1. The second-order valence-corrected chi connectivity index (χ2v) is 5.28. The molecule has 1 aromatic rings. The van der Waals surface area contributed by atoms with E-state index >= 15 is 0 Å². The van der Waals surface area contributed by atoms with Crippen molar-refractivity contribution in [2.24, 2.45) is 0 Å². The summed E-state index contributed by atoms with van der Waals surface area (Å²) in [5.41, 5.74) is 0.482. The van der Waals surface area contributed by atoms with Crippen molar-refractivity contribution in [2.45, 2.75) is 11.4 Å². The third-order valence-corrected chi connectivity index (χ3v) is 4.14. The summed E-state index contributed by atoms with van der Waals surface area (Å²) in [6.07, 6.45) is 0. The summed E-state index contributed by atoms with van der Waals surface area (Å²) >= 11 is 7.11. The number of nitro groups is 1. The molecule has 0 amide bonds. The molecular weight excluding hydrogens is 280 g/mol. The van der Waals surface area contributed by atoms with Crippen molar-refractivity contribution in [3.05, 3.63) is 38.9 Å². The third kappa shape index (κ3) is 2.58. The molecule has 2 atom stereocenters. The number of thioether (sulfide) groups is 1. The molecule has 0 aliphatic carbocycles. The molecule has 1 aromatic carbocycles. The Hall–Kier alpha value is -1.31. The van der Waals surface area contributed by atoms with Crippen molar-refractivity contribution in [1.82, 2.24) is 5.32 Å². The van der Waals surface area contributed by atoms with Gasteiger partial charge < -0.3 is 5.11 Å². The average molecular weight is 289 g/mol. The molecule has 2 rings (SSSR count). The van der Waals surface area contributed by atoms with Crippen LogP contribution in [0.1, 0.15) is 10.9 Å². The van der Waals surface area contributed by atoms with Gasteiger partial charge in [-0.25, -0.2) is 0 Å². The standard InChI is InChI=1S/C10H9ClN2O4S/c11-6-2-1-5(3-8(6)13(16)17)9-12-7(4-18-9)10(14)15/h1-3,7,9,12H,4H2,(H,14,15)/t7-,9?/m0/s1. The van der Waals surface area contributed by atoms with E-state index < -0.39 is 16.9 Å². The van der Waals surface area contributed by atoms with Crippen molar-refractivity contribution in [3.8, 4) is 0 Å². The first-order valence-corrected chi connectivity index (χ1v) is 6.46. The Kier molecular flexibility index (Phi) is 3.74. The molecule has 2 N–H and O–H groups in total. The average Bonchev–Trinajstić information content (AvgIpc) is 2.78. The SMILES string of the molecule is O=C(O)[C@@H]1CSC(c2ccc(Cl)c([N+](=O)[O-])c2)N1. The summed E-state index contributed by atoms with van der Waals surface area (Å²) < 4.78 is 0. The van der Waals surface area contributed by atoms with Crippen molar-refractivity contribution in [3.63, 3.8) is 0 Å². The third-order valence-electron chi connectivity index (χ3n) is 2.55. The fourth-order valence-corrected chi connectivity index (χ4v) is 3.05. The van der Waals surface area contributed by atoms with Crippen LogP contribution in [0.15, 0.2) is 18.2 Å². The van der Waals surface area contributed by atoms with Gasteiger partial charge in [-0.3, -0.25) is 20.2 Å². The number of rotatable bonds is 3. The predicted octanol–water partition coefficient (Wildman–Crippen LogP) is 2.04. The zero-order valence-corrected chi connectivity index (χ0v) is 10.6. The highest BCUT2D eigenvalue weighted by Crippen LogP contribution is 2.36. The summed E-state index contributed by atoms with van der Waals surface area (Å²) in [6, 6.07) is 3.85. The van der Waals surface area contributed by atoms with E-state index in [9.17, 15) is 14.9 Å². The molecule has 1 aliphatic heterocycles. The number of nitrogens with zero attached hydrogens (tertiary/aromatic N) is 1. The highest BCUT2D eigenvalue weighted by molar-refractivity contribution is 7.99. The highest BCUT2D eigenvalue weighted by Gasteiger charge is 2.31. The molecule has 0 bridgehead atoms. The van der Waals surface area contributed by atoms with Gasteiger partial charge in [-0.15, -0.1) is 11.8 Å². The molecule has 6 nitrogen and oxygen atoms in total. The smallest absolute Gasteiger partial charge is 0.321 e. The maximum Gasteiger partial charge on any atom is 0.321 e. The maximum atomic E-state index is 10.8. The van der Waals surface area contributed by atoms with Gasteiger partial charge in [0.15, 0.2) is 0 Å². The molecule has 0 aromatic heterocycles. The van der Waals surface area contributed by atoms with Crippen LogP contribution >= 0.6 is 23.4 Å². The van der Waals surface area contributed by atoms with Gasteiger partial charge in [-0.2, -0.15) is 0 Å². The van der Waals surface area contributed by atoms with Gasteiger partial charge in [-0.1, -0.05) is 17.7 Å². The molecule has 18 heavy (non-hydrogen) atoms. The summed E-state index contributed by atoms with van der Waals surface area (Å²) in [4.78, 5) is 21.0. The van der Waals surface area contributed by atoms with Crippen molar-refractivity contribution in [1.29, 1.82) is 0 Å². The van der Waals surface area contributed by atoms with Gasteiger partial charge in [-0.05, 0) is 11.6 Å². The maximum absolute atomic E-state index is 10.8. The van der Waals surface area contributed by atoms with Gasteiger partial charge in [0, 0.05) is 11.8 Å². The molecule has 1 unspecified atom stereocenters. The lowest BCUT2D eigenvalue weighted by atomic mass is 10.2. The van der Waals surface area contributed by atoms with Gasteiger partial charge in [0.1, 0.15) is 11.1 Å². The second-order valence-electron chi connectivity index (χ2n) is 3.74. The summed E-state index contributed by atoms with van der Waals surface area (Å²) in [5, 5.41) is 22.3. The lowest BCUT2D eigenvalue weighted by molar-refractivity contribution is -0.384. The second kappa shape index (κ2) is 5.13. The van der Waals surface area contributed by atoms with Crippen molar-refractivity contribution in [2.75, 3.05) is 5.75 Å². The van der Waals surface area contributed by atoms with Crippen molar-refractivity contribution < 1.29 is 14.8 Å². The minimum Gasteiger partial charge on any atom is -0.480 e.